The minimum atomic E-state index is -5.85. The summed E-state index contributed by atoms with van der Waals surface area (Å²) in [7, 11) is -5.85. The van der Waals surface area contributed by atoms with Crippen molar-refractivity contribution >= 4 is 10.0 Å². The summed E-state index contributed by atoms with van der Waals surface area (Å²) >= 11 is 0. The molecule has 2 rings (SSSR count). The van der Waals surface area contributed by atoms with Crippen molar-refractivity contribution in [1.82, 2.24) is 4.72 Å². The Labute approximate surface area is 140 Å². The van der Waals surface area contributed by atoms with Gasteiger partial charge in [0.2, 0.25) is 0 Å². The second-order valence-corrected chi connectivity index (χ2v) is 6.82. The van der Waals surface area contributed by atoms with Crippen LogP contribution in [0.4, 0.5) is 22.0 Å². The molecule has 0 heterocycles. The lowest BCUT2D eigenvalue weighted by Crippen LogP contribution is -2.43. The molecular weight excluding hydrogens is 367 g/mol. The smallest absolute Gasteiger partial charge is 0.322 e. The Morgan fingerprint density at radius 3 is 1.76 bits per heavy atom. The molecule has 0 aliphatic carbocycles. The highest BCUT2D eigenvalue weighted by molar-refractivity contribution is 7.90. The van der Waals surface area contributed by atoms with E-state index in [0.717, 1.165) is 18.2 Å². The van der Waals surface area contributed by atoms with E-state index in [0.29, 0.717) is 0 Å². The number of hydrogen-bond donors (Lipinski definition) is 2. The number of sulfonamides is 1. The van der Waals surface area contributed by atoms with Gasteiger partial charge >= 0.3 is 15.5 Å². The van der Waals surface area contributed by atoms with Crippen molar-refractivity contribution in [1.29, 1.82) is 0 Å². The third-order valence-electron chi connectivity index (χ3n) is 3.45. The molecule has 10 heteroatoms. The van der Waals surface area contributed by atoms with E-state index in [1.807, 2.05) is 0 Å². The van der Waals surface area contributed by atoms with Crippen molar-refractivity contribution in [3.05, 3.63) is 71.3 Å². The summed E-state index contributed by atoms with van der Waals surface area (Å²) in [6.45, 7) is 0. The summed E-state index contributed by atoms with van der Waals surface area (Å²) in [5.41, 5.74) is -0.545. The average Bonchev–Trinajstić information content (AvgIpc) is 2.52. The first kappa shape index (κ1) is 19.3. The lowest BCUT2D eigenvalue weighted by atomic mass is 9.94. The topological polar surface area (TPSA) is 72.2 Å². The summed E-state index contributed by atoms with van der Waals surface area (Å²) < 4.78 is 90.3. The highest BCUT2D eigenvalue weighted by atomic mass is 32.2. The Bertz CT molecular complexity index is 855. The molecule has 0 amide bonds. The average molecular weight is 380 g/mol. The van der Waals surface area contributed by atoms with Crippen LogP contribution in [-0.4, -0.2) is 13.9 Å². The number of alkyl halides is 3. The zero-order valence-corrected chi connectivity index (χ0v) is 13.3. The molecule has 0 saturated carbocycles. The molecule has 0 fully saturated rings. The molecule has 2 aromatic rings. The largest absolute Gasteiger partial charge is 0.511 e. The van der Waals surface area contributed by atoms with E-state index in [9.17, 15) is 30.4 Å². The maximum atomic E-state index is 14.0. The summed E-state index contributed by atoms with van der Waals surface area (Å²) in [4.78, 5) is 0. The SMILES string of the molecule is NC(c1ccccc1F)[C@H](NS(=O)(=O)C(F)(F)F)c1ccccc1F. The molecule has 4 nitrogen and oxygen atoms in total. The van der Waals surface area contributed by atoms with Gasteiger partial charge in [-0.2, -0.15) is 17.9 Å². The fraction of sp³-hybridized carbons (Fsp3) is 0.200. The molecular formula is C15H13F5N2O2S. The summed E-state index contributed by atoms with van der Waals surface area (Å²) in [6.07, 6.45) is 0. The first-order chi connectivity index (χ1) is 11.5. The number of halogens is 5. The molecule has 0 spiro atoms. The van der Waals surface area contributed by atoms with Crippen molar-refractivity contribution in [3.63, 3.8) is 0 Å². The van der Waals surface area contributed by atoms with E-state index in [2.05, 4.69) is 0 Å². The molecule has 0 aliphatic heterocycles. The molecule has 0 aliphatic rings. The standard InChI is InChI=1S/C15H13F5N2O2S/c16-11-7-3-1-5-9(11)13(21)14(10-6-2-4-8-12(10)17)22-25(23,24)15(18,19)20/h1-8,13-14,22H,21H2/t13?,14-/m1/s1. The van der Waals surface area contributed by atoms with Crippen molar-refractivity contribution in [2.75, 3.05) is 0 Å². The van der Waals surface area contributed by atoms with Crippen LogP contribution in [-0.2, 0) is 10.0 Å². The molecule has 2 atom stereocenters. The van der Waals surface area contributed by atoms with Gasteiger partial charge in [0.05, 0.1) is 12.1 Å². The Kier molecular flexibility index (Phi) is 5.45. The minimum absolute atomic E-state index is 0.263. The monoisotopic (exact) mass is 380 g/mol. The third-order valence-corrected chi connectivity index (χ3v) is 4.62. The zero-order valence-electron chi connectivity index (χ0n) is 12.5. The van der Waals surface area contributed by atoms with E-state index in [1.54, 1.807) is 0 Å². The molecule has 1 unspecified atom stereocenters. The molecule has 2 aromatic carbocycles. The number of nitrogens with one attached hydrogen (secondary N) is 1. The maximum absolute atomic E-state index is 14.0. The van der Waals surface area contributed by atoms with Crippen LogP contribution < -0.4 is 10.5 Å². The number of rotatable bonds is 5. The van der Waals surface area contributed by atoms with Crippen LogP contribution in [0.3, 0.4) is 0 Å². The van der Waals surface area contributed by atoms with Crippen LogP contribution in [0.15, 0.2) is 48.5 Å². The van der Waals surface area contributed by atoms with Gasteiger partial charge < -0.3 is 5.73 Å². The first-order valence-electron chi connectivity index (χ1n) is 6.87. The lowest BCUT2D eigenvalue weighted by Gasteiger charge is -2.26. The minimum Gasteiger partial charge on any atom is -0.322 e. The zero-order chi connectivity index (χ0) is 18.8. The van der Waals surface area contributed by atoms with Gasteiger partial charge in [-0.05, 0) is 12.1 Å². The van der Waals surface area contributed by atoms with Gasteiger partial charge in [-0.25, -0.2) is 17.2 Å². The van der Waals surface area contributed by atoms with Gasteiger partial charge in [0.1, 0.15) is 11.6 Å². The predicted octanol–water partition coefficient (Wildman–Crippen LogP) is 3.15. The van der Waals surface area contributed by atoms with E-state index in [-0.39, 0.29) is 5.56 Å². The van der Waals surface area contributed by atoms with Gasteiger partial charge in [0, 0.05) is 11.1 Å². The number of hydrogen-bond acceptors (Lipinski definition) is 3. The van der Waals surface area contributed by atoms with Gasteiger partial charge in [-0.1, -0.05) is 36.4 Å². The second-order valence-electron chi connectivity index (χ2n) is 5.11. The van der Waals surface area contributed by atoms with Crippen LogP contribution in [0.25, 0.3) is 0 Å². The second kappa shape index (κ2) is 7.06. The van der Waals surface area contributed by atoms with Gasteiger partial charge in [-0.15, -0.1) is 0 Å². The molecule has 0 saturated heterocycles. The van der Waals surface area contributed by atoms with Crippen LogP contribution in [0.5, 0.6) is 0 Å². The van der Waals surface area contributed by atoms with Crippen LogP contribution >= 0.6 is 0 Å². The van der Waals surface area contributed by atoms with E-state index >= 15 is 0 Å². The predicted molar refractivity (Wildman–Crippen MR) is 80.6 cm³/mol. The maximum Gasteiger partial charge on any atom is 0.511 e. The fourth-order valence-electron chi connectivity index (χ4n) is 2.22. The van der Waals surface area contributed by atoms with Gasteiger partial charge in [-0.3, -0.25) is 0 Å². The van der Waals surface area contributed by atoms with Gasteiger partial charge in [0.25, 0.3) is 0 Å². The molecule has 0 radical (unpaired) electrons. The summed E-state index contributed by atoms with van der Waals surface area (Å²) in [5, 5.41) is 0. The Balaban J connectivity index is 2.54. The van der Waals surface area contributed by atoms with E-state index in [4.69, 9.17) is 5.73 Å². The van der Waals surface area contributed by atoms with Crippen molar-refractivity contribution in [2.24, 2.45) is 5.73 Å². The summed E-state index contributed by atoms with van der Waals surface area (Å²) in [5.74, 6) is -1.84. The molecule has 0 bridgehead atoms. The van der Waals surface area contributed by atoms with Crippen molar-refractivity contribution in [3.8, 4) is 0 Å². The van der Waals surface area contributed by atoms with E-state index < -0.39 is 44.8 Å². The highest BCUT2D eigenvalue weighted by Gasteiger charge is 2.48. The quantitative estimate of drug-likeness (QED) is 0.783. The molecule has 136 valence electrons. The van der Waals surface area contributed by atoms with Crippen molar-refractivity contribution in [2.45, 2.75) is 17.6 Å². The Hall–Kier alpha value is -2.04. The molecule has 3 N–H and O–H groups in total. The number of nitrogens with two attached hydrogens (primary N) is 1. The fourth-order valence-corrected chi connectivity index (χ4v) is 2.96. The third kappa shape index (κ3) is 4.14. The Morgan fingerprint density at radius 1 is 0.880 bits per heavy atom. The highest BCUT2D eigenvalue weighted by Crippen LogP contribution is 2.33. The van der Waals surface area contributed by atoms with Crippen LogP contribution in [0.2, 0.25) is 0 Å². The molecule has 25 heavy (non-hydrogen) atoms. The molecule has 0 aromatic heterocycles. The van der Waals surface area contributed by atoms with Crippen molar-refractivity contribution < 1.29 is 30.4 Å². The lowest BCUT2D eigenvalue weighted by molar-refractivity contribution is -0.0452. The van der Waals surface area contributed by atoms with E-state index in [1.165, 1.54) is 35.1 Å². The Morgan fingerprint density at radius 2 is 1.32 bits per heavy atom. The first-order valence-corrected chi connectivity index (χ1v) is 8.36. The number of benzene rings is 2. The van der Waals surface area contributed by atoms with Crippen LogP contribution in [0.1, 0.15) is 23.2 Å². The van der Waals surface area contributed by atoms with Gasteiger partial charge in [0.15, 0.2) is 0 Å². The van der Waals surface area contributed by atoms with Crippen LogP contribution in [0, 0.1) is 11.6 Å². The summed E-state index contributed by atoms with van der Waals surface area (Å²) in [6, 6.07) is 5.96. The normalized spacial score (nSPS) is 15.0.